The molecular formula is C23H25FN6O2. The lowest BCUT2D eigenvalue weighted by atomic mass is 10.2. The molecule has 9 heteroatoms. The van der Waals surface area contributed by atoms with Crippen LogP contribution in [0.5, 0.6) is 11.5 Å². The molecule has 0 saturated heterocycles. The number of anilines is 1. The number of pyridine rings is 1. The van der Waals surface area contributed by atoms with Gasteiger partial charge in [-0.05, 0) is 45.0 Å². The standard InChI is InChI=1S/C23H25FN6O2/c1-6-32-17-9-10-20(19(24)11-17)30-15(3)21-14(2)26-27-23(22(21)28-30)29(4)13-16-7-8-18(31-5)12-25-16/h7-12H,6,13H2,1-5H3. The molecule has 0 aliphatic carbocycles. The summed E-state index contributed by atoms with van der Waals surface area (Å²) in [6, 6.07) is 8.53. The van der Waals surface area contributed by atoms with Gasteiger partial charge in [-0.15, -0.1) is 5.10 Å². The molecule has 3 heterocycles. The van der Waals surface area contributed by atoms with Crippen LogP contribution in [0.25, 0.3) is 16.6 Å². The molecular weight excluding hydrogens is 411 g/mol. The van der Waals surface area contributed by atoms with Gasteiger partial charge in [0.1, 0.15) is 22.7 Å². The lowest BCUT2D eigenvalue weighted by Gasteiger charge is -2.17. The van der Waals surface area contributed by atoms with Crippen LogP contribution < -0.4 is 14.4 Å². The van der Waals surface area contributed by atoms with Crippen LogP contribution >= 0.6 is 0 Å². The highest BCUT2D eigenvalue weighted by Gasteiger charge is 2.21. The quantitative estimate of drug-likeness (QED) is 0.433. The topological polar surface area (TPSA) is 78.2 Å². The zero-order chi connectivity index (χ0) is 22.8. The van der Waals surface area contributed by atoms with Crippen molar-refractivity contribution in [2.45, 2.75) is 27.3 Å². The zero-order valence-corrected chi connectivity index (χ0v) is 18.8. The minimum absolute atomic E-state index is 0.340. The number of rotatable bonds is 7. The van der Waals surface area contributed by atoms with Crippen molar-refractivity contribution in [1.29, 1.82) is 0 Å². The van der Waals surface area contributed by atoms with Crippen molar-refractivity contribution in [1.82, 2.24) is 25.0 Å². The average molecular weight is 436 g/mol. The molecule has 0 aliphatic rings. The van der Waals surface area contributed by atoms with Gasteiger partial charge in [-0.25, -0.2) is 9.07 Å². The van der Waals surface area contributed by atoms with E-state index < -0.39 is 5.82 Å². The van der Waals surface area contributed by atoms with E-state index in [1.54, 1.807) is 30.1 Å². The monoisotopic (exact) mass is 436 g/mol. The summed E-state index contributed by atoms with van der Waals surface area (Å²) in [5.41, 5.74) is 3.35. The van der Waals surface area contributed by atoms with Crippen molar-refractivity contribution in [3.8, 4) is 17.2 Å². The van der Waals surface area contributed by atoms with Crippen LogP contribution in [-0.2, 0) is 6.54 Å². The second-order valence-corrected chi connectivity index (χ2v) is 7.42. The molecule has 166 valence electrons. The smallest absolute Gasteiger partial charge is 0.179 e. The maximum absolute atomic E-state index is 14.9. The first-order valence-corrected chi connectivity index (χ1v) is 10.3. The number of fused-ring (bicyclic) bond motifs is 1. The fourth-order valence-electron chi connectivity index (χ4n) is 3.66. The van der Waals surface area contributed by atoms with E-state index in [9.17, 15) is 4.39 Å². The Morgan fingerprint density at radius 2 is 1.88 bits per heavy atom. The molecule has 0 atom stereocenters. The third kappa shape index (κ3) is 3.93. The highest BCUT2D eigenvalue weighted by molar-refractivity contribution is 5.92. The molecule has 0 N–H and O–H groups in total. The molecule has 0 radical (unpaired) electrons. The van der Waals surface area contributed by atoms with Crippen molar-refractivity contribution in [2.24, 2.45) is 0 Å². The van der Waals surface area contributed by atoms with E-state index >= 15 is 0 Å². The molecule has 0 bridgehead atoms. The van der Waals surface area contributed by atoms with E-state index in [1.807, 2.05) is 44.9 Å². The van der Waals surface area contributed by atoms with E-state index in [4.69, 9.17) is 14.6 Å². The Labute approximate surface area is 185 Å². The molecule has 1 aromatic carbocycles. The van der Waals surface area contributed by atoms with Crippen molar-refractivity contribution in [2.75, 3.05) is 25.7 Å². The molecule has 32 heavy (non-hydrogen) atoms. The van der Waals surface area contributed by atoms with Gasteiger partial charge in [-0.1, -0.05) is 0 Å². The largest absolute Gasteiger partial charge is 0.495 e. The van der Waals surface area contributed by atoms with Gasteiger partial charge in [0.05, 0.1) is 48.9 Å². The van der Waals surface area contributed by atoms with Gasteiger partial charge in [0.15, 0.2) is 11.6 Å². The van der Waals surface area contributed by atoms with Gasteiger partial charge in [0.25, 0.3) is 0 Å². The molecule has 0 amide bonds. The molecule has 0 unspecified atom stereocenters. The summed E-state index contributed by atoms with van der Waals surface area (Å²) >= 11 is 0. The predicted molar refractivity (Wildman–Crippen MR) is 120 cm³/mol. The van der Waals surface area contributed by atoms with Crippen LogP contribution in [0.15, 0.2) is 36.5 Å². The SMILES string of the molecule is CCOc1ccc(-n2nc3c(N(C)Cc4ccc(OC)cn4)nnc(C)c3c2C)c(F)c1. The van der Waals surface area contributed by atoms with Crippen molar-refractivity contribution < 1.29 is 13.9 Å². The van der Waals surface area contributed by atoms with E-state index in [0.29, 0.717) is 41.7 Å². The van der Waals surface area contributed by atoms with E-state index in [0.717, 1.165) is 22.5 Å². The van der Waals surface area contributed by atoms with E-state index in [-0.39, 0.29) is 0 Å². The Hall–Kier alpha value is -3.75. The Bertz CT molecular complexity index is 1260. The number of aryl methyl sites for hydroxylation is 2. The lowest BCUT2D eigenvalue weighted by Crippen LogP contribution is -2.19. The highest BCUT2D eigenvalue weighted by atomic mass is 19.1. The first kappa shape index (κ1) is 21.5. The van der Waals surface area contributed by atoms with Crippen LogP contribution in [-0.4, -0.2) is 45.7 Å². The maximum Gasteiger partial charge on any atom is 0.179 e. The number of benzene rings is 1. The third-order valence-corrected chi connectivity index (χ3v) is 5.24. The molecule has 4 aromatic rings. The Morgan fingerprint density at radius 1 is 1.09 bits per heavy atom. The van der Waals surface area contributed by atoms with Gasteiger partial charge >= 0.3 is 0 Å². The van der Waals surface area contributed by atoms with Gasteiger partial charge in [-0.3, -0.25) is 4.98 Å². The molecule has 0 spiro atoms. The maximum atomic E-state index is 14.9. The van der Waals surface area contributed by atoms with Crippen LogP contribution in [0, 0.1) is 19.7 Å². The first-order chi connectivity index (χ1) is 15.4. The van der Waals surface area contributed by atoms with Crippen LogP contribution in [0.3, 0.4) is 0 Å². The van der Waals surface area contributed by atoms with Crippen LogP contribution in [0.1, 0.15) is 24.0 Å². The zero-order valence-electron chi connectivity index (χ0n) is 18.8. The summed E-state index contributed by atoms with van der Waals surface area (Å²) in [5.74, 6) is 1.36. The molecule has 4 rings (SSSR count). The number of nitrogens with zero attached hydrogens (tertiary/aromatic N) is 6. The third-order valence-electron chi connectivity index (χ3n) is 5.24. The van der Waals surface area contributed by atoms with E-state index in [2.05, 4.69) is 15.2 Å². The summed E-state index contributed by atoms with van der Waals surface area (Å²) in [7, 11) is 3.50. The Kier molecular flexibility index (Phi) is 5.89. The fourth-order valence-corrected chi connectivity index (χ4v) is 3.66. The normalized spacial score (nSPS) is 11.1. The van der Waals surface area contributed by atoms with E-state index in [1.165, 1.54) is 6.07 Å². The molecule has 8 nitrogen and oxygen atoms in total. The number of hydrogen-bond donors (Lipinski definition) is 0. The lowest BCUT2D eigenvalue weighted by molar-refractivity contribution is 0.338. The van der Waals surface area contributed by atoms with Crippen LogP contribution in [0.2, 0.25) is 0 Å². The molecule has 0 aliphatic heterocycles. The van der Waals surface area contributed by atoms with Gasteiger partial charge in [0.2, 0.25) is 0 Å². The highest BCUT2D eigenvalue weighted by Crippen LogP contribution is 2.30. The Morgan fingerprint density at radius 3 is 2.53 bits per heavy atom. The first-order valence-electron chi connectivity index (χ1n) is 10.3. The number of methoxy groups -OCH3 is 1. The van der Waals surface area contributed by atoms with Gasteiger partial charge < -0.3 is 14.4 Å². The predicted octanol–water partition coefficient (Wildman–Crippen LogP) is 4.01. The molecule has 0 fully saturated rings. The minimum atomic E-state index is -0.414. The molecule has 0 saturated carbocycles. The van der Waals surface area contributed by atoms with Gasteiger partial charge in [-0.2, -0.15) is 10.2 Å². The van der Waals surface area contributed by atoms with Crippen LogP contribution in [0.4, 0.5) is 10.2 Å². The number of ether oxygens (including phenoxy) is 2. The minimum Gasteiger partial charge on any atom is -0.495 e. The summed E-state index contributed by atoms with van der Waals surface area (Å²) in [6.45, 7) is 6.60. The van der Waals surface area contributed by atoms with Crippen molar-refractivity contribution in [3.63, 3.8) is 0 Å². The summed E-state index contributed by atoms with van der Waals surface area (Å²) in [5, 5.41) is 14.3. The number of hydrogen-bond acceptors (Lipinski definition) is 7. The van der Waals surface area contributed by atoms with Gasteiger partial charge in [0, 0.05) is 13.1 Å². The van der Waals surface area contributed by atoms with Crippen molar-refractivity contribution in [3.05, 3.63) is 59.4 Å². The fraction of sp³-hybridized carbons (Fsp3) is 0.304. The number of halogens is 1. The second-order valence-electron chi connectivity index (χ2n) is 7.42. The Balaban J connectivity index is 1.75. The summed E-state index contributed by atoms with van der Waals surface area (Å²) in [4.78, 5) is 6.34. The number of aromatic nitrogens is 5. The summed E-state index contributed by atoms with van der Waals surface area (Å²) < 4.78 is 27.0. The molecule has 3 aromatic heterocycles. The average Bonchev–Trinajstić information content (AvgIpc) is 3.12. The summed E-state index contributed by atoms with van der Waals surface area (Å²) in [6.07, 6.45) is 1.67. The second kappa shape index (κ2) is 8.78. The van der Waals surface area contributed by atoms with Crippen molar-refractivity contribution >= 4 is 16.7 Å².